The summed E-state index contributed by atoms with van der Waals surface area (Å²) in [6.07, 6.45) is -4.72. The van der Waals surface area contributed by atoms with Gasteiger partial charge in [-0.15, -0.1) is 11.3 Å². The Labute approximate surface area is 177 Å². The van der Waals surface area contributed by atoms with Gasteiger partial charge in [-0.1, -0.05) is 17.7 Å². The van der Waals surface area contributed by atoms with Crippen LogP contribution < -0.4 is 11.1 Å². The first-order chi connectivity index (χ1) is 14.0. The number of pyridine rings is 1. The zero-order chi connectivity index (χ0) is 22.2. The van der Waals surface area contributed by atoms with E-state index in [4.69, 9.17) is 22.1 Å². The van der Waals surface area contributed by atoms with Crippen molar-refractivity contribution in [2.24, 2.45) is 0 Å². The molecular weight excluding hydrogens is 443 g/mol. The SMILES string of the molecule is Cc1cc(C)c2c(N)c(C(=O)OCC(=O)Nc3c(Cl)cccc3C(F)(F)F)sc2n1. The highest BCUT2D eigenvalue weighted by molar-refractivity contribution is 7.21. The average Bonchev–Trinajstić information content (AvgIpc) is 2.97. The first kappa shape index (κ1) is 21.8. The Morgan fingerprint density at radius 2 is 2.00 bits per heavy atom. The predicted octanol–water partition coefficient (Wildman–Crippen LogP) is 4.96. The van der Waals surface area contributed by atoms with Crippen molar-refractivity contribution in [2.45, 2.75) is 20.0 Å². The number of esters is 1. The third-order valence-electron chi connectivity index (χ3n) is 4.13. The summed E-state index contributed by atoms with van der Waals surface area (Å²) in [5, 5.41) is 2.36. The van der Waals surface area contributed by atoms with Gasteiger partial charge in [0.2, 0.25) is 0 Å². The fourth-order valence-electron chi connectivity index (χ4n) is 2.88. The van der Waals surface area contributed by atoms with Gasteiger partial charge in [-0.25, -0.2) is 9.78 Å². The number of anilines is 2. The maximum atomic E-state index is 13.1. The van der Waals surface area contributed by atoms with Crippen LogP contribution in [0.4, 0.5) is 24.5 Å². The average molecular weight is 458 g/mol. The van der Waals surface area contributed by atoms with Gasteiger partial charge in [-0.05, 0) is 37.6 Å². The first-order valence-corrected chi connectivity index (χ1v) is 9.67. The number of rotatable bonds is 4. The van der Waals surface area contributed by atoms with Crippen LogP contribution in [0.1, 0.15) is 26.5 Å². The van der Waals surface area contributed by atoms with Gasteiger partial charge in [-0.2, -0.15) is 13.2 Å². The van der Waals surface area contributed by atoms with Crippen LogP contribution in [0.2, 0.25) is 5.02 Å². The molecular formula is C19H15ClF3N3O3S. The number of nitrogens with zero attached hydrogens (tertiary/aromatic N) is 1. The van der Waals surface area contributed by atoms with E-state index in [-0.39, 0.29) is 15.6 Å². The number of fused-ring (bicyclic) bond motifs is 1. The zero-order valence-electron chi connectivity index (χ0n) is 15.7. The lowest BCUT2D eigenvalue weighted by molar-refractivity contribution is -0.137. The van der Waals surface area contributed by atoms with Crippen molar-refractivity contribution >= 4 is 56.4 Å². The molecule has 0 fully saturated rings. The molecule has 0 aliphatic rings. The van der Waals surface area contributed by atoms with E-state index in [0.717, 1.165) is 34.7 Å². The molecule has 0 unspecified atom stereocenters. The van der Waals surface area contributed by atoms with Gasteiger partial charge in [0.05, 0.1) is 22.0 Å². The monoisotopic (exact) mass is 457 g/mol. The molecule has 6 nitrogen and oxygen atoms in total. The molecule has 0 radical (unpaired) electrons. The number of hydrogen-bond acceptors (Lipinski definition) is 6. The van der Waals surface area contributed by atoms with Crippen molar-refractivity contribution in [3.8, 4) is 0 Å². The van der Waals surface area contributed by atoms with Gasteiger partial charge < -0.3 is 15.8 Å². The summed E-state index contributed by atoms with van der Waals surface area (Å²) in [6, 6.07) is 4.91. The molecule has 2 aromatic heterocycles. The van der Waals surface area contributed by atoms with Gasteiger partial charge in [-0.3, -0.25) is 4.79 Å². The first-order valence-electron chi connectivity index (χ1n) is 8.48. The van der Waals surface area contributed by atoms with Gasteiger partial charge in [0, 0.05) is 11.1 Å². The molecule has 0 atom stereocenters. The summed E-state index contributed by atoms with van der Waals surface area (Å²) in [6.45, 7) is 2.81. The highest BCUT2D eigenvalue weighted by Crippen LogP contribution is 2.38. The number of amides is 1. The summed E-state index contributed by atoms with van der Waals surface area (Å²) >= 11 is 6.80. The number of nitrogen functional groups attached to an aromatic ring is 1. The third-order valence-corrected chi connectivity index (χ3v) is 5.52. The minimum absolute atomic E-state index is 0.0627. The molecule has 1 amide bonds. The normalized spacial score (nSPS) is 11.5. The van der Waals surface area contributed by atoms with Crippen molar-refractivity contribution in [2.75, 3.05) is 17.7 Å². The van der Waals surface area contributed by atoms with E-state index in [1.807, 2.05) is 18.3 Å². The number of thiophene rings is 1. The van der Waals surface area contributed by atoms with Crippen molar-refractivity contribution in [3.63, 3.8) is 0 Å². The number of alkyl halides is 3. The number of aromatic nitrogens is 1. The second-order valence-electron chi connectivity index (χ2n) is 6.39. The molecule has 30 heavy (non-hydrogen) atoms. The molecule has 0 saturated heterocycles. The van der Waals surface area contributed by atoms with Gasteiger partial charge in [0.25, 0.3) is 5.91 Å². The van der Waals surface area contributed by atoms with Gasteiger partial charge in [0.15, 0.2) is 6.61 Å². The maximum Gasteiger partial charge on any atom is 0.418 e. The topological polar surface area (TPSA) is 94.3 Å². The second-order valence-corrected chi connectivity index (χ2v) is 7.80. The molecule has 0 bridgehead atoms. The summed E-state index contributed by atoms with van der Waals surface area (Å²) in [4.78, 5) is 29.4. The summed E-state index contributed by atoms with van der Waals surface area (Å²) in [7, 11) is 0. The molecule has 3 aromatic rings. The summed E-state index contributed by atoms with van der Waals surface area (Å²) in [5.41, 5.74) is 6.08. The minimum Gasteiger partial charge on any atom is -0.451 e. The van der Waals surface area contributed by atoms with Crippen LogP contribution in [0.5, 0.6) is 0 Å². The van der Waals surface area contributed by atoms with E-state index in [0.29, 0.717) is 10.2 Å². The van der Waals surface area contributed by atoms with E-state index < -0.39 is 35.9 Å². The molecule has 0 spiro atoms. The van der Waals surface area contributed by atoms with E-state index in [1.54, 1.807) is 6.92 Å². The number of nitrogens with one attached hydrogen (secondary N) is 1. The van der Waals surface area contributed by atoms with Crippen LogP contribution in [-0.2, 0) is 15.7 Å². The molecule has 0 aliphatic carbocycles. The summed E-state index contributed by atoms with van der Waals surface area (Å²) in [5.74, 6) is -1.86. The van der Waals surface area contributed by atoms with E-state index in [2.05, 4.69) is 4.98 Å². The standard InChI is InChI=1S/C19H15ClF3N3O3S/c1-8-6-9(2)25-17-13(8)14(24)16(30-17)18(28)29-7-12(27)26-15-10(19(21,22)23)4-3-5-11(15)20/h3-6H,7,24H2,1-2H3,(H,26,27). The lowest BCUT2D eigenvalue weighted by atomic mass is 10.1. The number of para-hydroxylation sites is 1. The summed E-state index contributed by atoms with van der Waals surface area (Å²) < 4.78 is 44.3. The van der Waals surface area contributed by atoms with E-state index in [1.165, 1.54) is 6.07 Å². The predicted molar refractivity (Wildman–Crippen MR) is 109 cm³/mol. The Hall–Kier alpha value is -2.85. The smallest absolute Gasteiger partial charge is 0.418 e. The van der Waals surface area contributed by atoms with Crippen molar-refractivity contribution in [1.82, 2.24) is 4.98 Å². The van der Waals surface area contributed by atoms with E-state index >= 15 is 0 Å². The molecule has 158 valence electrons. The molecule has 1 aromatic carbocycles. The van der Waals surface area contributed by atoms with Crippen LogP contribution in [0.15, 0.2) is 24.3 Å². The Morgan fingerprint density at radius 1 is 1.30 bits per heavy atom. The van der Waals surface area contributed by atoms with Gasteiger partial charge in [0.1, 0.15) is 9.71 Å². The zero-order valence-corrected chi connectivity index (χ0v) is 17.3. The Bertz CT molecular complexity index is 1160. The number of nitrogens with two attached hydrogens (primary N) is 1. The molecule has 0 aliphatic heterocycles. The number of ether oxygens (including phenoxy) is 1. The second kappa shape index (κ2) is 8.11. The number of hydrogen-bond donors (Lipinski definition) is 2. The molecule has 0 saturated carbocycles. The molecule has 3 rings (SSSR count). The fourth-order valence-corrected chi connectivity index (χ4v) is 4.21. The number of carbonyl (C=O) groups is 2. The van der Waals surface area contributed by atoms with Crippen molar-refractivity contribution in [1.29, 1.82) is 0 Å². The minimum atomic E-state index is -4.72. The van der Waals surface area contributed by atoms with Crippen LogP contribution >= 0.6 is 22.9 Å². The Kier molecular flexibility index (Phi) is 5.91. The highest BCUT2D eigenvalue weighted by atomic mass is 35.5. The lowest BCUT2D eigenvalue weighted by Crippen LogP contribution is -2.23. The Balaban J connectivity index is 1.75. The molecule has 3 N–H and O–H groups in total. The third kappa shape index (κ3) is 4.34. The van der Waals surface area contributed by atoms with Crippen molar-refractivity contribution in [3.05, 3.63) is 51.0 Å². The number of benzene rings is 1. The Morgan fingerprint density at radius 3 is 2.67 bits per heavy atom. The van der Waals surface area contributed by atoms with Crippen LogP contribution in [0.3, 0.4) is 0 Å². The molecule has 11 heteroatoms. The van der Waals surface area contributed by atoms with Crippen LogP contribution in [-0.4, -0.2) is 23.5 Å². The van der Waals surface area contributed by atoms with Crippen LogP contribution in [0, 0.1) is 13.8 Å². The number of carbonyl (C=O) groups excluding carboxylic acids is 2. The van der Waals surface area contributed by atoms with Crippen LogP contribution in [0.25, 0.3) is 10.2 Å². The van der Waals surface area contributed by atoms with Gasteiger partial charge >= 0.3 is 12.1 Å². The van der Waals surface area contributed by atoms with Crippen molar-refractivity contribution < 1.29 is 27.5 Å². The van der Waals surface area contributed by atoms with E-state index in [9.17, 15) is 22.8 Å². The molecule has 2 heterocycles. The quantitative estimate of drug-likeness (QED) is 0.540. The lowest BCUT2D eigenvalue weighted by Gasteiger charge is -2.15. The highest BCUT2D eigenvalue weighted by Gasteiger charge is 2.35. The number of halogens is 4. The fraction of sp³-hybridized carbons (Fsp3) is 0.211. The number of aryl methyl sites for hydroxylation is 2. The largest absolute Gasteiger partial charge is 0.451 e. The maximum absolute atomic E-state index is 13.1.